The fourth-order valence-electron chi connectivity index (χ4n) is 3.29. The van der Waals surface area contributed by atoms with Crippen molar-refractivity contribution in [1.29, 1.82) is 0 Å². The summed E-state index contributed by atoms with van der Waals surface area (Å²) < 4.78 is 66.7. The van der Waals surface area contributed by atoms with Crippen LogP contribution in [0.3, 0.4) is 0 Å². The Morgan fingerprint density at radius 1 is 1.17 bits per heavy atom. The molecule has 0 saturated heterocycles. The quantitative estimate of drug-likeness (QED) is 0.531. The van der Waals surface area contributed by atoms with Gasteiger partial charge in [0.2, 0.25) is 5.91 Å². The lowest BCUT2D eigenvalue weighted by atomic mass is 10.0. The smallest absolute Gasteiger partial charge is 0.419 e. The molecule has 9 heteroatoms. The number of halogens is 4. The van der Waals surface area contributed by atoms with Gasteiger partial charge in [0.1, 0.15) is 5.82 Å². The Morgan fingerprint density at radius 3 is 2.59 bits per heavy atom. The minimum atomic E-state index is -4.77. The SMILES string of the molecule is CCCN1C(=O)CCc2cc(N[S+]([O-])Cc3ccc(C(F)(F)F)c(F)c3)ccc21. The number of amides is 1. The zero-order valence-electron chi connectivity index (χ0n) is 15.7. The largest absolute Gasteiger partial charge is 0.593 e. The number of aryl methyl sites for hydroxylation is 1. The second-order valence-corrected chi connectivity index (χ2v) is 7.98. The molecule has 0 radical (unpaired) electrons. The van der Waals surface area contributed by atoms with Crippen LogP contribution in [0, 0.1) is 5.82 Å². The maximum atomic E-state index is 13.7. The average Bonchev–Trinajstić information content (AvgIpc) is 2.63. The van der Waals surface area contributed by atoms with Crippen LogP contribution in [-0.2, 0) is 34.5 Å². The van der Waals surface area contributed by atoms with Gasteiger partial charge in [0.15, 0.2) is 5.75 Å². The molecule has 0 bridgehead atoms. The van der Waals surface area contributed by atoms with Crippen molar-refractivity contribution in [3.05, 3.63) is 58.9 Å². The van der Waals surface area contributed by atoms with Crippen LogP contribution in [0.4, 0.5) is 28.9 Å². The Morgan fingerprint density at radius 2 is 1.93 bits per heavy atom. The highest BCUT2D eigenvalue weighted by Gasteiger charge is 2.34. The molecular weight excluding hydrogens is 408 g/mol. The van der Waals surface area contributed by atoms with Crippen LogP contribution in [0.5, 0.6) is 0 Å². The van der Waals surface area contributed by atoms with Crippen molar-refractivity contribution >= 4 is 28.6 Å². The van der Waals surface area contributed by atoms with Gasteiger partial charge in [-0.05, 0) is 48.7 Å². The average molecular weight is 428 g/mol. The summed E-state index contributed by atoms with van der Waals surface area (Å²) in [6, 6.07) is 7.83. The van der Waals surface area contributed by atoms with Crippen LogP contribution in [0.15, 0.2) is 36.4 Å². The summed E-state index contributed by atoms with van der Waals surface area (Å²) in [4.78, 5) is 13.8. The minimum absolute atomic E-state index is 0.0768. The Bertz CT molecular complexity index is 905. The Kier molecular flexibility index (Phi) is 6.38. The highest BCUT2D eigenvalue weighted by atomic mass is 32.2. The molecule has 156 valence electrons. The van der Waals surface area contributed by atoms with Crippen LogP contribution in [0.25, 0.3) is 0 Å². The van der Waals surface area contributed by atoms with E-state index >= 15 is 0 Å². The van der Waals surface area contributed by atoms with E-state index in [9.17, 15) is 26.9 Å². The van der Waals surface area contributed by atoms with Crippen molar-refractivity contribution in [2.75, 3.05) is 16.2 Å². The van der Waals surface area contributed by atoms with Gasteiger partial charge in [-0.25, -0.2) is 9.11 Å². The molecule has 2 aromatic carbocycles. The monoisotopic (exact) mass is 428 g/mol. The van der Waals surface area contributed by atoms with Crippen molar-refractivity contribution in [2.24, 2.45) is 0 Å². The normalized spacial score (nSPS) is 15.2. The number of nitrogens with one attached hydrogen (secondary N) is 1. The molecule has 0 spiro atoms. The lowest BCUT2D eigenvalue weighted by molar-refractivity contribution is -0.140. The van der Waals surface area contributed by atoms with Crippen LogP contribution in [0.1, 0.15) is 36.5 Å². The Balaban J connectivity index is 1.69. The predicted molar refractivity (Wildman–Crippen MR) is 104 cm³/mol. The number of rotatable bonds is 6. The number of carbonyl (C=O) groups is 1. The predicted octanol–water partition coefficient (Wildman–Crippen LogP) is 4.81. The maximum Gasteiger partial charge on any atom is 0.419 e. The number of nitrogens with zero attached hydrogens (tertiary/aromatic N) is 1. The summed E-state index contributed by atoms with van der Waals surface area (Å²) in [5.41, 5.74) is 1.21. The summed E-state index contributed by atoms with van der Waals surface area (Å²) in [7, 11) is 0. The van der Waals surface area contributed by atoms with Crippen LogP contribution in [0.2, 0.25) is 0 Å². The fraction of sp³-hybridized carbons (Fsp3) is 0.350. The molecule has 1 amide bonds. The molecule has 0 fully saturated rings. The molecule has 0 aliphatic carbocycles. The lowest BCUT2D eigenvalue weighted by Gasteiger charge is -2.29. The lowest BCUT2D eigenvalue weighted by Crippen LogP contribution is -2.35. The molecule has 1 unspecified atom stereocenters. The summed E-state index contributed by atoms with van der Waals surface area (Å²) >= 11 is -1.66. The van der Waals surface area contributed by atoms with Crippen molar-refractivity contribution < 1.29 is 26.9 Å². The number of carbonyl (C=O) groups excluding carboxylic acids is 1. The van der Waals surface area contributed by atoms with Gasteiger partial charge in [-0.3, -0.25) is 4.79 Å². The summed E-state index contributed by atoms with van der Waals surface area (Å²) in [5.74, 6) is -1.46. The van der Waals surface area contributed by atoms with Gasteiger partial charge >= 0.3 is 6.18 Å². The topological polar surface area (TPSA) is 55.4 Å². The Hall–Kier alpha value is -2.26. The molecule has 0 saturated carbocycles. The van der Waals surface area contributed by atoms with Gasteiger partial charge in [-0.15, -0.1) is 0 Å². The van der Waals surface area contributed by atoms with Gasteiger partial charge in [0.05, 0.1) is 22.6 Å². The fourth-order valence-corrected chi connectivity index (χ4v) is 4.23. The number of benzene rings is 2. The van der Waals surface area contributed by atoms with Gasteiger partial charge in [-0.1, -0.05) is 13.0 Å². The van der Waals surface area contributed by atoms with E-state index in [1.807, 2.05) is 13.0 Å². The van der Waals surface area contributed by atoms with E-state index in [2.05, 4.69) is 4.72 Å². The molecule has 1 heterocycles. The summed E-state index contributed by atoms with van der Waals surface area (Å²) in [5, 5.41) is 0. The number of anilines is 2. The van der Waals surface area contributed by atoms with Crippen molar-refractivity contribution in [3.8, 4) is 0 Å². The van der Waals surface area contributed by atoms with E-state index in [1.54, 1.807) is 17.0 Å². The molecule has 1 aliphatic heterocycles. The number of fused-ring (bicyclic) bond motifs is 1. The second kappa shape index (κ2) is 8.62. The first-order valence-electron chi connectivity index (χ1n) is 9.13. The molecule has 1 aliphatic rings. The molecule has 0 aromatic heterocycles. The van der Waals surface area contributed by atoms with E-state index in [4.69, 9.17) is 0 Å². The molecule has 3 rings (SSSR count). The molecule has 2 aromatic rings. The third kappa shape index (κ3) is 5.02. The standard InChI is InChI=1S/C20H20F4N2O2S/c1-2-9-26-18-7-5-15(11-14(18)4-8-19(26)27)25-29(28)12-13-3-6-16(17(21)10-13)20(22,23)24/h3,5-7,10-11,25H,2,4,8-9,12H2,1H3. The van der Waals surface area contributed by atoms with E-state index in [0.29, 0.717) is 31.1 Å². The maximum absolute atomic E-state index is 13.7. The van der Waals surface area contributed by atoms with Crippen molar-refractivity contribution in [1.82, 2.24) is 0 Å². The summed E-state index contributed by atoms with van der Waals surface area (Å²) in [6.45, 7) is 2.62. The third-order valence-corrected chi connectivity index (χ3v) is 5.65. The van der Waals surface area contributed by atoms with Crippen LogP contribution in [-0.4, -0.2) is 17.0 Å². The van der Waals surface area contributed by atoms with Gasteiger partial charge < -0.3 is 9.45 Å². The first-order valence-corrected chi connectivity index (χ1v) is 10.4. The first-order chi connectivity index (χ1) is 13.7. The third-order valence-electron chi connectivity index (χ3n) is 4.60. The van der Waals surface area contributed by atoms with Crippen LogP contribution < -0.4 is 9.62 Å². The van der Waals surface area contributed by atoms with Gasteiger partial charge in [0.25, 0.3) is 0 Å². The van der Waals surface area contributed by atoms with E-state index in [-0.39, 0.29) is 17.2 Å². The van der Waals surface area contributed by atoms with Gasteiger partial charge in [0, 0.05) is 24.2 Å². The van der Waals surface area contributed by atoms with E-state index in [1.165, 1.54) is 0 Å². The number of hydrogen-bond acceptors (Lipinski definition) is 3. The van der Waals surface area contributed by atoms with Crippen molar-refractivity contribution in [3.63, 3.8) is 0 Å². The minimum Gasteiger partial charge on any atom is -0.593 e. The zero-order valence-corrected chi connectivity index (χ0v) is 16.5. The Labute approximate surface area is 169 Å². The number of alkyl halides is 3. The van der Waals surface area contributed by atoms with Gasteiger partial charge in [-0.2, -0.15) is 13.2 Å². The molecule has 4 nitrogen and oxygen atoms in total. The molecule has 1 N–H and O–H groups in total. The number of hydrogen-bond donors (Lipinski definition) is 1. The molecule has 1 atom stereocenters. The molecule has 29 heavy (non-hydrogen) atoms. The van der Waals surface area contributed by atoms with E-state index < -0.39 is 28.9 Å². The highest BCUT2D eigenvalue weighted by molar-refractivity contribution is 7.91. The summed E-state index contributed by atoms with van der Waals surface area (Å²) in [6.07, 6.45) is -2.94. The molecular formula is C20H20F4N2O2S. The first kappa shape index (κ1) is 21.4. The van der Waals surface area contributed by atoms with Crippen LogP contribution >= 0.6 is 0 Å². The van der Waals surface area contributed by atoms with Crippen molar-refractivity contribution in [2.45, 2.75) is 38.1 Å². The zero-order chi connectivity index (χ0) is 21.2. The highest BCUT2D eigenvalue weighted by Crippen LogP contribution is 2.33. The second-order valence-electron chi connectivity index (χ2n) is 6.79. The van der Waals surface area contributed by atoms with E-state index in [0.717, 1.165) is 29.8 Å².